The van der Waals surface area contributed by atoms with Crippen LogP contribution in [0.3, 0.4) is 0 Å². The summed E-state index contributed by atoms with van der Waals surface area (Å²) in [5.74, 6) is 1.14. The smallest absolute Gasteiger partial charge is 0.132 e. The standard InChI is InChI=1S/C10H14BrN3/c1-13(2)7-14-4-3-8-5-9(11)6-12-10(8)14/h5-6H,3-4,7H2,1-2H3. The summed E-state index contributed by atoms with van der Waals surface area (Å²) in [5.41, 5.74) is 1.35. The highest BCUT2D eigenvalue weighted by Gasteiger charge is 2.20. The molecule has 1 aliphatic heterocycles. The van der Waals surface area contributed by atoms with Crippen molar-refractivity contribution in [2.45, 2.75) is 6.42 Å². The Balaban J connectivity index is 2.22. The molecule has 0 N–H and O–H groups in total. The first-order chi connectivity index (χ1) is 6.66. The number of hydrogen-bond donors (Lipinski definition) is 0. The van der Waals surface area contributed by atoms with Crippen molar-refractivity contribution in [3.05, 3.63) is 22.3 Å². The Morgan fingerprint density at radius 3 is 3.07 bits per heavy atom. The maximum absolute atomic E-state index is 4.45. The average Bonchev–Trinajstić information content (AvgIpc) is 2.47. The van der Waals surface area contributed by atoms with E-state index in [9.17, 15) is 0 Å². The largest absolute Gasteiger partial charge is 0.343 e. The predicted octanol–water partition coefficient (Wildman–Crippen LogP) is 1.73. The van der Waals surface area contributed by atoms with Gasteiger partial charge in [-0.05, 0) is 48.1 Å². The van der Waals surface area contributed by atoms with Crippen LogP contribution >= 0.6 is 15.9 Å². The van der Waals surface area contributed by atoms with Crippen molar-refractivity contribution in [1.82, 2.24) is 9.88 Å². The summed E-state index contributed by atoms with van der Waals surface area (Å²) < 4.78 is 1.07. The van der Waals surface area contributed by atoms with Gasteiger partial charge in [0.2, 0.25) is 0 Å². The van der Waals surface area contributed by atoms with Gasteiger partial charge in [0.15, 0.2) is 0 Å². The van der Waals surface area contributed by atoms with Crippen molar-refractivity contribution in [1.29, 1.82) is 0 Å². The van der Waals surface area contributed by atoms with Gasteiger partial charge in [-0.3, -0.25) is 4.90 Å². The van der Waals surface area contributed by atoms with Crippen LogP contribution in [0.25, 0.3) is 0 Å². The fourth-order valence-electron chi connectivity index (χ4n) is 1.78. The Labute approximate surface area is 92.9 Å². The molecule has 1 aromatic heterocycles. The van der Waals surface area contributed by atoms with Gasteiger partial charge in [0.1, 0.15) is 5.82 Å². The molecule has 0 radical (unpaired) electrons. The molecular weight excluding hydrogens is 242 g/mol. The maximum Gasteiger partial charge on any atom is 0.132 e. The highest BCUT2D eigenvalue weighted by atomic mass is 79.9. The van der Waals surface area contributed by atoms with Crippen LogP contribution < -0.4 is 4.90 Å². The van der Waals surface area contributed by atoms with Crippen LogP contribution in [0.2, 0.25) is 0 Å². The second kappa shape index (κ2) is 3.87. The maximum atomic E-state index is 4.45. The minimum Gasteiger partial charge on any atom is -0.343 e. The summed E-state index contributed by atoms with van der Waals surface area (Å²) in [6.45, 7) is 2.03. The summed E-state index contributed by atoms with van der Waals surface area (Å²) in [7, 11) is 4.16. The number of rotatable bonds is 2. The topological polar surface area (TPSA) is 19.4 Å². The molecule has 1 aliphatic rings. The number of fused-ring (bicyclic) bond motifs is 1. The highest BCUT2D eigenvalue weighted by molar-refractivity contribution is 9.10. The van der Waals surface area contributed by atoms with Crippen molar-refractivity contribution in [2.24, 2.45) is 0 Å². The molecule has 76 valence electrons. The first-order valence-corrected chi connectivity index (χ1v) is 5.50. The van der Waals surface area contributed by atoms with Gasteiger partial charge >= 0.3 is 0 Å². The summed E-state index contributed by atoms with van der Waals surface area (Å²) in [4.78, 5) is 8.92. The molecule has 0 saturated heterocycles. The van der Waals surface area contributed by atoms with Crippen LogP contribution in [0.1, 0.15) is 5.56 Å². The third-order valence-corrected chi connectivity index (χ3v) is 2.75. The summed E-state index contributed by atoms with van der Waals surface area (Å²) in [6.07, 6.45) is 2.97. The predicted molar refractivity (Wildman–Crippen MR) is 61.5 cm³/mol. The van der Waals surface area contributed by atoms with Crippen LogP contribution in [-0.2, 0) is 6.42 Å². The Morgan fingerprint density at radius 2 is 2.36 bits per heavy atom. The Hall–Kier alpha value is -0.610. The lowest BCUT2D eigenvalue weighted by atomic mass is 10.2. The van der Waals surface area contributed by atoms with Crippen molar-refractivity contribution >= 4 is 21.7 Å². The molecule has 0 saturated carbocycles. The minimum atomic E-state index is 0.946. The van der Waals surface area contributed by atoms with E-state index in [4.69, 9.17) is 0 Å². The van der Waals surface area contributed by atoms with Crippen LogP contribution in [0.15, 0.2) is 16.7 Å². The monoisotopic (exact) mass is 255 g/mol. The van der Waals surface area contributed by atoms with Crippen molar-refractivity contribution in [3.8, 4) is 0 Å². The molecule has 0 spiro atoms. The molecule has 0 unspecified atom stereocenters. The molecule has 0 aromatic carbocycles. The van der Waals surface area contributed by atoms with Gasteiger partial charge in [-0.25, -0.2) is 4.98 Å². The van der Waals surface area contributed by atoms with Gasteiger partial charge in [0.05, 0.1) is 6.67 Å². The van der Waals surface area contributed by atoms with Crippen molar-refractivity contribution in [3.63, 3.8) is 0 Å². The summed E-state index contributed by atoms with van der Waals surface area (Å²) in [6, 6.07) is 2.16. The van der Waals surface area contributed by atoms with Crippen LogP contribution in [0, 0.1) is 0 Å². The van der Waals surface area contributed by atoms with Crippen molar-refractivity contribution in [2.75, 3.05) is 32.2 Å². The zero-order valence-electron chi connectivity index (χ0n) is 8.50. The van der Waals surface area contributed by atoms with Gasteiger partial charge in [-0.2, -0.15) is 0 Å². The molecule has 0 amide bonds. The van der Waals surface area contributed by atoms with E-state index in [0.717, 1.165) is 29.9 Å². The lowest BCUT2D eigenvalue weighted by Gasteiger charge is -2.22. The first-order valence-electron chi connectivity index (χ1n) is 4.71. The third-order valence-electron chi connectivity index (χ3n) is 2.31. The molecule has 0 aliphatic carbocycles. The highest BCUT2D eigenvalue weighted by Crippen LogP contribution is 2.27. The zero-order chi connectivity index (χ0) is 10.1. The number of hydrogen-bond acceptors (Lipinski definition) is 3. The number of aromatic nitrogens is 1. The molecule has 2 rings (SSSR count). The molecule has 4 heteroatoms. The van der Waals surface area contributed by atoms with E-state index in [1.165, 1.54) is 5.56 Å². The molecule has 1 aromatic rings. The van der Waals surface area contributed by atoms with E-state index in [-0.39, 0.29) is 0 Å². The number of halogens is 1. The third kappa shape index (κ3) is 1.91. The zero-order valence-corrected chi connectivity index (χ0v) is 10.1. The number of anilines is 1. The molecule has 2 heterocycles. The van der Waals surface area contributed by atoms with E-state index >= 15 is 0 Å². The number of pyridine rings is 1. The van der Waals surface area contributed by atoms with E-state index in [0.29, 0.717) is 0 Å². The van der Waals surface area contributed by atoms with Crippen LogP contribution in [0.5, 0.6) is 0 Å². The van der Waals surface area contributed by atoms with Gasteiger partial charge in [0, 0.05) is 17.2 Å². The van der Waals surface area contributed by atoms with E-state index in [1.54, 1.807) is 0 Å². The van der Waals surface area contributed by atoms with Gasteiger partial charge in [0.25, 0.3) is 0 Å². The lowest BCUT2D eigenvalue weighted by molar-refractivity contribution is 0.405. The molecule has 14 heavy (non-hydrogen) atoms. The fraction of sp³-hybridized carbons (Fsp3) is 0.500. The van der Waals surface area contributed by atoms with Gasteiger partial charge in [-0.15, -0.1) is 0 Å². The SMILES string of the molecule is CN(C)CN1CCc2cc(Br)cnc21. The number of nitrogens with zero attached hydrogens (tertiary/aromatic N) is 3. The first kappa shape index (κ1) is 9.93. The normalized spacial score (nSPS) is 15.0. The lowest BCUT2D eigenvalue weighted by Crippen LogP contribution is -2.32. The van der Waals surface area contributed by atoms with Crippen LogP contribution in [-0.4, -0.2) is 37.2 Å². The summed E-state index contributed by atoms with van der Waals surface area (Å²) in [5, 5.41) is 0. The molecule has 0 fully saturated rings. The van der Waals surface area contributed by atoms with E-state index < -0.39 is 0 Å². The molecule has 3 nitrogen and oxygen atoms in total. The van der Waals surface area contributed by atoms with Crippen LogP contribution in [0.4, 0.5) is 5.82 Å². The minimum absolute atomic E-state index is 0.946. The second-order valence-corrected chi connectivity index (χ2v) is 4.79. The molecule has 0 atom stereocenters. The Bertz CT molecular complexity index is 338. The average molecular weight is 256 g/mol. The Morgan fingerprint density at radius 1 is 1.57 bits per heavy atom. The van der Waals surface area contributed by atoms with Gasteiger partial charge in [-0.1, -0.05) is 0 Å². The molecular formula is C10H14BrN3. The van der Waals surface area contributed by atoms with E-state index in [1.807, 2.05) is 6.20 Å². The van der Waals surface area contributed by atoms with Crippen molar-refractivity contribution < 1.29 is 0 Å². The Kier molecular flexibility index (Phi) is 2.74. The molecule has 0 bridgehead atoms. The fourth-order valence-corrected chi connectivity index (χ4v) is 2.16. The van der Waals surface area contributed by atoms with Gasteiger partial charge < -0.3 is 4.90 Å². The quantitative estimate of drug-likeness (QED) is 0.803. The second-order valence-electron chi connectivity index (χ2n) is 3.87. The summed E-state index contributed by atoms with van der Waals surface area (Å²) >= 11 is 3.44. The van der Waals surface area contributed by atoms with E-state index in [2.05, 4.69) is 50.9 Å².